The summed E-state index contributed by atoms with van der Waals surface area (Å²) in [6, 6.07) is 0. The van der Waals surface area contributed by atoms with E-state index in [1.54, 1.807) is 12.2 Å². The summed E-state index contributed by atoms with van der Waals surface area (Å²) in [5.74, 6) is -0.303. The molecule has 2 saturated heterocycles. The van der Waals surface area contributed by atoms with Gasteiger partial charge in [-0.2, -0.15) is 0 Å². The number of cyclic esters (lactones) is 1. The quantitative estimate of drug-likeness (QED) is 0.242. The van der Waals surface area contributed by atoms with Crippen LogP contribution in [0.2, 0.25) is 0 Å². The summed E-state index contributed by atoms with van der Waals surface area (Å²) in [5.41, 5.74) is 0.947. The minimum absolute atomic E-state index is 0.0188. The van der Waals surface area contributed by atoms with E-state index >= 15 is 0 Å². The SMILES string of the molecule is C=C/C=C/[C@@H]1OC(=O)C[C@@H]2C/C(=C\C(=O)OC)C[C@H](C[C@@H]3CCCC(C[C@@H](C)/C=C/[C@@H]1C)O3)O2. The van der Waals surface area contributed by atoms with Gasteiger partial charge in [0.05, 0.1) is 37.9 Å². The standard InChI is InChI=1S/C28H40O6/c1-5-6-10-26-20(3)12-11-19(2)13-22-8-7-9-23(32-22)17-24-14-21(16-27(29)31-4)15-25(33-24)18-28(30)34-26/h5-6,10-12,16,19-20,22-26H,1,7-9,13-15,17-18H2,2-4H3/b10-6+,12-11+,21-16-/t19-,20-,22?,23-,24+,25-,26-/m0/s1. The number of ether oxygens (including phenoxy) is 4. The predicted octanol–water partition coefficient (Wildman–Crippen LogP) is 5.24. The van der Waals surface area contributed by atoms with Crippen LogP contribution in [0.5, 0.6) is 0 Å². The topological polar surface area (TPSA) is 71.1 Å². The molecule has 0 amide bonds. The van der Waals surface area contributed by atoms with Crippen molar-refractivity contribution in [2.24, 2.45) is 11.8 Å². The van der Waals surface area contributed by atoms with E-state index in [9.17, 15) is 9.59 Å². The van der Waals surface area contributed by atoms with Crippen LogP contribution in [0.4, 0.5) is 0 Å². The first-order valence-electron chi connectivity index (χ1n) is 12.6. The van der Waals surface area contributed by atoms with E-state index in [1.807, 2.05) is 12.2 Å². The van der Waals surface area contributed by atoms with Crippen LogP contribution in [-0.2, 0) is 28.5 Å². The van der Waals surface area contributed by atoms with Gasteiger partial charge in [-0.25, -0.2) is 4.79 Å². The van der Waals surface area contributed by atoms with Crippen molar-refractivity contribution in [2.75, 3.05) is 7.11 Å². The fraction of sp³-hybridized carbons (Fsp3) is 0.643. The van der Waals surface area contributed by atoms with E-state index in [-0.39, 0.29) is 54.8 Å². The van der Waals surface area contributed by atoms with Gasteiger partial charge in [0.1, 0.15) is 6.10 Å². The molecule has 0 aliphatic carbocycles. The molecule has 0 aromatic heterocycles. The molecule has 1 unspecified atom stereocenters. The van der Waals surface area contributed by atoms with E-state index in [2.05, 4.69) is 32.6 Å². The van der Waals surface area contributed by atoms with Crippen molar-refractivity contribution in [1.29, 1.82) is 0 Å². The highest BCUT2D eigenvalue weighted by Crippen LogP contribution is 2.33. The molecule has 0 N–H and O–H groups in total. The molecule has 7 atom stereocenters. The van der Waals surface area contributed by atoms with Gasteiger partial charge in [0, 0.05) is 18.4 Å². The van der Waals surface area contributed by atoms with Gasteiger partial charge >= 0.3 is 11.9 Å². The van der Waals surface area contributed by atoms with Crippen molar-refractivity contribution >= 4 is 11.9 Å². The largest absolute Gasteiger partial charge is 0.466 e. The normalized spacial score (nSPS) is 37.7. The van der Waals surface area contributed by atoms with E-state index in [0.717, 1.165) is 37.7 Å². The van der Waals surface area contributed by atoms with Gasteiger partial charge in [0.15, 0.2) is 0 Å². The van der Waals surface area contributed by atoms with Crippen LogP contribution in [0.1, 0.15) is 65.2 Å². The van der Waals surface area contributed by atoms with E-state index in [1.165, 1.54) is 7.11 Å². The third-order valence-electron chi connectivity index (χ3n) is 6.85. The Morgan fingerprint density at radius 2 is 1.74 bits per heavy atom. The maximum atomic E-state index is 12.9. The number of carbonyl (C=O) groups excluding carboxylic acids is 2. The number of hydrogen-bond donors (Lipinski definition) is 0. The molecular formula is C28H40O6. The summed E-state index contributed by atoms with van der Waals surface area (Å²) < 4.78 is 23.5. The molecule has 0 aromatic carbocycles. The highest BCUT2D eigenvalue weighted by Gasteiger charge is 2.33. The Kier molecular flexibility index (Phi) is 10.1. The van der Waals surface area contributed by atoms with Crippen molar-refractivity contribution < 1.29 is 28.5 Å². The zero-order valence-electron chi connectivity index (χ0n) is 20.8. The molecule has 6 nitrogen and oxygen atoms in total. The highest BCUT2D eigenvalue weighted by atomic mass is 16.6. The molecular weight excluding hydrogens is 432 g/mol. The van der Waals surface area contributed by atoms with Gasteiger partial charge < -0.3 is 18.9 Å². The molecule has 3 aliphatic heterocycles. The molecule has 4 bridgehead atoms. The second-order valence-corrected chi connectivity index (χ2v) is 9.90. The van der Waals surface area contributed by atoms with Crippen LogP contribution in [-0.4, -0.2) is 49.6 Å². The van der Waals surface area contributed by atoms with Gasteiger partial charge in [0.25, 0.3) is 0 Å². The number of allylic oxidation sites excluding steroid dienone is 3. The molecule has 3 aliphatic rings. The third-order valence-corrected chi connectivity index (χ3v) is 6.85. The maximum absolute atomic E-state index is 12.9. The molecule has 0 radical (unpaired) electrons. The zero-order valence-corrected chi connectivity index (χ0v) is 20.8. The number of hydrogen-bond acceptors (Lipinski definition) is 6. The molecule has 34 heavy (non-hydrogen) atoms. The summed E-state index contributed by atoms with van der Waals surface area (Å²) in [6.45, 7) is 7.99. The fourth-order valence-corrected chi connectivity index (χ4v) is 5.12. The van der Waals surface area contributed by atoms with Crippen molar-refractivity contribution in [3.63, 3.8) is 0 Å². The molecule has 2 fully saturated rings. The van der Waals surface area contributed by atoms with Crippen LogP contribution < -0.4 is 0 Å². The molecule has 3 heterocycles. The van der Waals surface area contributed by atoms with Crippen molar-refractivity contribution in [3.05, 3.63) is 48.6 Å². The molecule has 6 heteroatoms. The molecule has 0 saturated carbocycles. The number of carbonyl (C=O) groups is 2. The maximum Gasteiger partial charge on any atom is 0.330 e. The Labute approximate surface area is 204 Å². The minimum atomic E-state index is -0.387. The summed E-state index contributed by atoms with van der Waals surface area (Å²) >= 11 is 0. The Morgan fingerprint density at radius 3 is 2.47 bits per heavy atom. The van der Waals surface area contributed by atoms with Gasteiger partial charge in [-0.05, 0) is 50.5 Å². The third kappa shape index (κ3) is 8.24. The Hall–Kier alpha value is -2.18. The van der Waals surface area contributed by atoms with Gasteiger partial charge in [-0.15, -0.1) is 0 Å². The lowest BCUT2D eigenvalue weighted by atomic mass is 9.89. The number of fused-ring (bicyclic) bond motifs is 4. The highest BCUT2D eigenvalue weighted by molar-refractivity contribution is 5.82. The summed E-state index contributed by atoms with van der Waals surface area (Å²) in [5, 5.41) is 0. The Morgan fingerprint density at radius 1 is 1.03 bits per heavy atom. The van der Waals surface area contributed by atoms with Gasteiger partial charge in [0.2, 0.25) is 0 Å². The number of esters is 2. The Balaban J connectivity index is 1.84. The van der Waals surface area contributed by atoms with Crippen molar-refractivity contribution in [2.45, 2.75) is 95.7 Å². The number of methoxy groups -OCH3 is 1. The molecule has 0 spiro atoms. The second kappa shape index (κ2) is 13.1. The van der Waals surface area contributed by atoms with Crippen LogP contribution in [0.25, 0.3) is 0 Å². The number of rotatable bonds is 3. The monoisotopic (exact) mass is 472 g/mol. The van der Waals surface area contributed by atoms with E-state index in [4.69, 9.17) is 18.9 Å². The molecule has 0 aromatic rings. The lowest BCUT2D eigenvalue weighted by molar-refractivity contribution is -0.154. The first-order chi connectivity index (χ1) is 16.4. The molecule has 3 rings (SSSR count). The lowest BCUT2D eigenvalue weighted by Crippen LogP contribution is -2.37. The smallest absolute Gasteiger partial charge is 0.330 e. The Bertz CT molecular complexity index is 797. The van der Waals surface area contributed by atoms with Crippen LogP contribution in [0.3, 0.4) is 0 Å². The van der Waals surface area contributed by atoms with E-state index < -0.39 is 0 Å². The fourth-order valence-electron chi connectivity index (χ4n) is 5.12. The minimum Gasteiger partial charge on any atom is -0.466 e. The predicted molar refractivity (Wildman–Crippen MR) is 131 cm³/mol. The zero-order chi connectivity index (χ0) is 24.5. The van der Waals surface area contributed by atoms with Crippen LogP contribution >= 0.6 is 0 Å². The molecule has 188 valence electrons. The van der Waals surface area contributed by atoms with Crippen LogP contribution in [0.15, 0.2) is 48.6 Å². The van der Waals surface area contributed by atoms with Gasteiger partial charge in [-0.1, -0.05) is 50.3 Å². The summed E-state index contributed by atoms with van der Waals surface area (Å²) in [6.07, 6.45) is 17.0. The average molecular weight is 473 g/mol. The van der Waals surface area contributed by atoms with Crippen molar-refractivity contribution in [3.8, 4) is 0 Å². The summed E-state index contributed by atoms with van der Waals surface area (Å²) in [4.78, 5) is 24.8. The average Bonchev–Trinajstić information content (AvgIpc) is 2.79. The van der Waals surface area contributed by atoms with Crippen molar-refractivity contribution in [1.82, 2.24) is 0 Å². The van der Waals surface area contributed by atoms with E-state index in [0.29, 0.717) is 18.8 Å². The first kappa shape index (κ1) is 26.4. The van der Waals surface area contributed by atoms with Crippen LogP contribution in [0, 0.1) is 11.8 Å². The lowest BCUT2D eigenvalue weighted by Gasteiger charge is -2.37. The summed E-state index contributed by atoms with van der Waals surface area (Å²) in [7, 11) is 1.37. The first-order valence-corrected chi connectivity index (χ1v) is 12.6. The second-order valence-electron chi connectivity index (χ2n) is 9.90. The van der Waals surface area contributed by atoms with Gasteiger partial charge in [-0.3, -0.25) is 4.79 Å².